The number of hydrogen-bond acceptors (Lipinski definition) is 4. The SMILES string of the molecule is O=C(COC(=O)c1cc(Br)ccc1F)c1c[nH]c(C(=O)N2CCCC2)c1. The van der Waals surface area contributed by atoms with Gasteiger partial charge in [-0.1, -0.05) is 15.9 Å². The van der Waals surface area contributed by atoms with Crippen LogP contribution < -0.4 is 0 Å². The number of H-pyrrole nitrogens is 1. The highest BCUT2D eigenvalue weighted by Gasteiger charge is 2.22. The van der Waals surface area contributed by atoms with Crippen LogP contribution in [0.1, 0.15) is 44.0 Å². The highest BCUT2D eigenvalue weighted by atomic mass is 79.9. The number of nitrogens with one attached hydrogen (secondary N) is 1. The molecule has 2 aromatic rings. The fourth-order valence-electron chi connectivity index (χ4n) is 2.72. The Morgan fingerprint density at radius 2 is 1.92 bits per heavy atom. The van der Waals surface area contributed by atoms with E-state index in [1.165, 1.54) is 24.4 Å². The zero-order valence-corrected chi connectivity index (χ0v) is 15.3. The maximum absolute atomic E-state index is 13.7. The van der Waals surface area contributed by atoms with Crippen LogP contribution in [-0.2, 0) is 4.74 Å². The second-order valence-electron chi connectivity index (χ2n) is 5.92. The summed E-state index contributed by atoms with van der Waals surface area (Å²) in [5.41, 5.74) is 0.292. The van der Waals surface area contributed by atoms with E-state index in [4.69, 9.17) is 4.74 Å². The predicted molar refractivity (Wildman–Crippen MR) is 94.6 cm³/mol. The molecule has 26 heavy (non-hydrogen) atoms. The Hall–Kier alpha value is -2.48. The molecule has 0 radical (unpaired) electrons. The molecule has 2 heterocycles. The maximum atomic E-state index is 13.7. The van der Waals surface area contributed by atoms with Gasteiger partial charge < -0.3 is 14.6 Å². The van der Waals surface area contributed by atoms with Gasteiger partial charge in [-0.25, -0.2) is 9.18 Å². The van der Waals surface area contributed by atoms with Crippen LogP contribution >= 0.6 is 15.9 Å². The smallest absolute Gasteiger partial charge is 0.341 e. The van der Waals surface area contributed by atoms with E-state index in [9.17, 15) is 18.8 Å². The number of carbonyl (C=O) groups is 3. The second kappa shape index (κ2) is 7.82. The quantitative estimate of drug-likeness (QED) is 0.592. The van der Waals surface area contributed by atoms with E-state index in [2.05, 4.69) is 20.9 Å². The van der Waals surface area contributed by atoms with Crippen molar-refractivity contribution in [1.29, 1.82) is 0 Å². The van der Waals surface area contributed by atoms with Crippen molar-refractivity contribution in [1.82, 2.24) is 9.88 Å². The van der Waals surface area contributed by atoms with Crippen molar-refractivity contribution in [2.45, 2.75) is 12.8 Å². The Bertz CT molecular complexity index is 859. The number of likely N-dealkylation sites (tertiary alicyclic amines) is 1. The summed E-state index contributed by atoms with van der Waals surface area (Å²) in [6.07, 6.45) is 3.35. The van der Waals surface area contributed by atoms with E-state index in [0.717, 1.165) is 18.9 Å². The molecule has 1 aromatic carbocycles. The third-order valence-electron chi connectivity index (χ3n) is 4.11. The van der Waals surface area contributed by atoms with Gasteiger partial charge in [0.25, 0.3) is 5.91 Å². The van der Waals surface area contributed by atoms with Gasteiger partial charge in [-0.2, -0.15) is 0 Å². The zero-order chi connectivity index (χ0) is 18.7. The number of esters is 1. The normalized spacial score (nSPS) is 13.7. The molecule has 0 saturated carbocycles. The number of carbonyl (C=O) groups excluding carboxylic acids is 3. The minimum atomic E-state index is -0.930. The Labute approximate surface area is 157 Å². The monoisotopic (exact) mass is 422 g/mol. The lowest BCUT2D eigenvalue weighted by atomic mass is 10.2. The van der Waals surface area contributed by atoms with Crippen molar-refractivity contribution in [2.75, 3.05) is 19.7 Å². The molecule has 0 atom stereocenters. The topological polar surface area (TPSA) is 79.5 Å². The van der Waals surface area contributed by atoms with Gasteiger partial charge in [-0.3, -0.25) is 9.59 Å². The molecule has 1 aromatic heterocycles. The lowest BCUT2D eigenvalue weighted by Crippen LogP contribution is -2.27. The number of rotatable bonds is 5. The van der Waals surface area contributed by atoms with E-state index in [0.29, 0.717) is 23.3 Å². The number of hydrogen-bond donors (Lipinski definition) is 1. The molecule has 1 aliphatic rings. The van der Waals surface area contributed by atoms with Crippen molar-refractivity contribution in [2.24, 2.45) is 0 Å². The summed E-state index contributed by atoms with van der Waals surface area (Å²) in [6, 6.07) is 5.31. The number of nitrogens with zero attached hydrogens (tertiary/aromatic N) is 1. The minimum absolute atomic E-state index is 0.158. The van der Waals surface area contributed by atoms with Gasteiger partial charge >= 0.3 is 5.97 Å². The van der Waals surface area contributed by atoms with Crippen molar-refractivity contribution in [3.63, 3.8) is 0 Å². The Balaban J connectivity index is 1.61. The number of ketones is 1. The molecule has 136 valence electrons. The lowest BCUT2D eigenvalue weighted by molar-refractivity contribution is 0.0470. The number of amides is 1. The molecule has 1 aliphatic heterocycles. The van der Waals surface area contributed by atoms with E-state index in [1.807, 2.05) is 0 Å². The third-order valence-corrected chi connectivity index (χ3v) is 4.60. The Kier molecular flexibility index (Phi) is 5.51. The van der Waals surface area contributed by atoms with Crippen molar-refractivity contribution in [3.8, 4) is 0 Å². The summed E-state index contributed by atoms with van der Waals surface area (Å²) in [6.45, 7) is 0.869. The molecule has 1 N–H and O–H groups in total. The van der Waals surface area contributed by atoms with E-state index in [-0.39, 0.29) is 17.0 Å². The van der Waals surface area contributed by atoms with Crippen LogP contribution in [0.15, 0.2) is 34.9 Å². The summed E-state index contributed by atoms with van der Waals surface area (Å²) in [7, 11) is 0. The Morgan fingerprint density at radius 1 is 1.19 bits per heavy atom. The standard InChI is InChI=1S/C18H16BrFN2O4/c19-12-3-4-14(20)13(8-12)18(25)26-10-16(23)11-7-15(21-9-11)17(24)22-5-1-2-6-22/h3-4,7-9,21H,1-2,5-6,10H2. The van der Waals surface area contributed by atoms with E-state index in [1.54, 1.807) is 4.90 Å². The highest BCUT2D eigenvalue weighted by Crippen LogP contribution is 2.17. The molecule has 1 amide bonds. The van der Waals surface area contributed by atoms with Gasteiger partial charge in [0.05, 0.1) is 5.56 Å². The van der Waals surface area contributed by atoms with Gasteiger partial charge in [0.1, 0.15) is 11.5 Å². The fourth-order valence-corrected chi connectivity index (χ4v) is 3.08. The van der Waals surface area contributed by atoms with Crippen LogP contribution in [0.5, 0.6) is 0 Å². The molecule has 3 rings (SSSR count). The van der Waals surface area contributed by atoms with Crippen LogP contribution in [-0.4, -0.2) is 47.2 Å². The first-order chi connectivity index (χ1) is 12.5. The molecule has 0 bridgehead atoms. The van der Waals surface area contributed by atoms with Gasteiger partial charge in [-0.05, 0) is 37.1 Å². The molecule has 8 heteroatoms. The first-order valence-corrected chi connectivity index (χ1v) is 8.88. The van der Waals surface area contributed by atoms with Crippen molar-refractivity contribution in [3.05, 3.63) is 57.6 Å². The van der Waals surface area contributed by atoms with Gasteiger partial charge in [0.15, 0.2) is 6.61 Å². The van der Waals surface area contributed by atoms with Gasteiger partial charge in [-0.15, -0.1) is 0 Å². The molecule has 1 fully saturated rings. The average Bonchev–Trinajstić information content (AvgIpc) is 3.32. The predicted octanol–water partition coefficient (Wildman–Crippen LogP) is 3.19. The number of aromatic nitrogens is 1. The largest absolute Gasteiger partial charge is 0.454 e. The maximum Gasteiger partial charge on any atom is 0.341 e. The lowest BCUT2D eigenvalue weighted by Gasteiger charge is -2.13. The number of halogens is 2. The highest BCUT2D eigenvalue weighted by molar-refractivity contribution is 9.10. The zero-order valence-electron chi connectivity index (χ0n) is 13.8. The van der Waals surface area contributed by atoms with Crippen LogP contribution in [0.4, 0.5) is 4.39 Å². The molecule has 0 unspecified atom stereocenters. The second-order valence-corrected chi connectivity index (χ2v) is 6.84. The first-order valence-electron chi connectivity index (χ1n) is 8.09. The first kappa shape index (κ1) is 18.3. The van der Waals surface area contributed by atoms with Crippen LogP contribution in [0.3, 0.4) is 0 Å². The Morgan fingerprint density at radius 3 is 2.65 bits per heavy atom. The molecule has 6 nitrogen and oxygen atoms in total. The number of aromatic amines is 1. The fraction of sp³-hybridized carbons (Fsp3) is 0.278. The van der Waals surface area contributed by atoms with E-state index >= 15 is 0 Å². The summed E-state index contributed by atoms with van der Waals surface area (Å²) in [4.78, 5) is 40.9. The van der Waals surface area contributed by atoms with Gasteiger partial charge in [0.2, 0.25) is 5.78 Å². The number of ether oxygens (including phenoxy) is 1. The number of Topliss-reactive ketones (excluding diaryl/α,β-unsaturated/α-hetero) is 1. The number of benzene rings is 1. The molecular formula is C18H16BrFN2O4. The van der Waals surface area contributed by atoms with Gasteiger partial charge in [0, 0.05) is 29.3 Å². The summed E-state index contributed by atoms with van der Waals surface area (Å²) < 4.78 is 19.1. The molecule has 1 saturated heterocycles. The molecule has 0 spiro atoms. The average molecular weight is 423 g/mol. The summed E-state index contributed by atoms with van der Waals surface area (Å²) in [5.74, 6) is -2.30. The van der Waals surface area contributed by atoms with E-state index < -0.39 is 24.2 Å². The minimum Gasteiger partial charge on any atom is -0.454 e. The van der Waals surface area contributed by atoms with Crippen LogP contribution in [0.2, 0.25) is 0 Å². The van der Waals surface area contributed by atoms with Crippen LogP contribution in [0, 0.1) is 5.82 Å². The summed E-state index contributed by atoms with van der Waals surface area (Å²) in [5, 5.41) is 0. The van der Waals surface area contributed by atoms with Crippen LogP contribution in [0.25, 0.3) is 0 Å². The molecular weight excluding hydrogens is 407 g/mol. The third kappa shape index (κ3) is 4.01. The summed E-state index contributed by atoms with van der Waals surface area (Å²) >= 11 is 3.14. The van der Waals surface area contributed by atoms with Crippen molar-refractivity contribution >= 4 is 33.6 Å². The molecule has 0 aliphatic carbocycles. The van der Waals surface area contributed by atoms with Crippen molar-refractivity contribution < 1.29 is 23.5 Å².